The van der Waals surface area contributed by atoms with Crippen molar-refractivity contribution in [2.75, 3.05) is 19.0 Å². The van der Waals surface area contributed by atoms with Crippen molar-refractivity contribution in [3.8, 4) is 5.75 Å². The van der Waals surface area contributed by atoms with Crippen LogP contribution in [0, 0.1) is 20.8 Å². The van der Waals surface area contributed by atoms with E-state index in [0.29, 0.717) is 0 Å². The highest BCUT2D eigenvalue weighted by atomic mass is 16.5. The average Bonchev–Trinajstić information content (AvgIpc) is 2.29. The van der Waals surface area contributed by atoms with Gasteiger partial charge in [-0.25, -0.2) is 0 Å². The molecule has 0 bridgehead atoms. The predicted molar refractivity (Wildman–Crippen MR) is 83.2 cm³/mol. The first kappa shape index (κ1) is 15.8. The predicted octanol–water partition coefficient (Wildman–Crippen LogP) is 3.55. The molecular weight excluding hydrogens is 236 g/mol. The summed E-state index contributed by atoms with van der Waals surface area (Å²) in [6, 6.07) is 2.20. The molecule has 108 valence electrons. The average molecular weight is 264 g/mol. The molecule has 1 rings (SSSR count). The summed E-state index contributed by atoms with van der Waals surface area (Å²) >= 11 is 0. The molecule has 3 nitrogen and oxygen atoms in total. The van der Waals surface area contributed by atoms with Gasteiger partial charge in [0.15, 0.2) is 0 Å². The molecule has 0 aliphatic carbocycles. The van der Waals surface area contributed by atoms with Crippen LogP contribution in [0.25, 0.3) is 0 Å². The quantitative estimate of drug-likeness (QED) is 0.772. The molecular formula is C16H28N2O. The van der Waals surface area contributed by atoms with Gasteiger partial charge in [-0.1, -0.05) is 6.07 Å². The van der Waals surface area contributed by atoms with Gasteiger partial charge in [-0.05, 0) is 64.2 Å². The molecule has 0 saturated heterocycles. The number of methoxy groups -OCH3 is 1. The van der Waals surface area contributed by atoms with Gasteiger partial charge in [-0.2, -0.15) is 0 Å². The Hall–Kier alpha value is -1.22. The van der Waals surface area contributed by atoms with E-state index in [-0.39, 0.29) is 5.54 Å². The fourth-order valence-electron chi connectivity index (χ4n) is 2.28. The van der Waals surface area contributed by atoms with Gasteiger partial charge < -0.3 is 15.8 Å². The lowest BCUT2D eigenvalue weighted by Crippen LogP contribution is -2.32. The van der Waals surface area contributed by atoms with E-state index in [9.17, 15) is 0 Å². The van der Waals surface area contributed by atoms with E-state index in [0.717, 1.165) is 30.8 Å². The van der Waals surface area contributed by atoms with Gasteiger partial charge in [0.1, 0.15) is 5.75 Å². The summed E-state index contributed by atoms with van der Waals surface area (Å²) in [4.78, 5) is 0. The van der Waals surface area contributed by atoms with Crippen LogP contribution in [0.1, 0.15) is 43.4 Å². The lowest BCUT2D eigenvalue weighted by atomic mass is 10.00. The topological polar surface area (TPSA) is 47.3 Å². The SMILES string of the molecule is COc1c(C)c(C)cc(C)c1NCCCC(C)(C)N. The summed E-state index contributed by atoms with van der Waals surface area (Å²) in [7, 11) is 1.73. The molecule has 1 aromatic carbocycles. The smallest absolute Gasteiger partial charge is 0.145 e. The van der Waals surface area contributed by atoms with E-state index in [1.165, 1.54) is 16.7 Å². The minimum absolute atomic E-state index is 0.0933. The Morgan fingerprint density at radius 1 is 1.21 bits per heavy atom. The van der Waals surface area contributed by atoms with Crippen molar-refractivity contribution in [1.82, 2.24) is 0 Å². The van der Waals surface area contributed by atoms with Crippen LogP contribution < -0.4 is 15.8 Å². The molecule has 0 atom stereocenters. The standard InChI is InChI=1S/C16H28N2O/c1-11-10-12(2)14(15(19-6)13(11)3)18-9-7-8-16(4,5)17/h10,18H,7-9,17H2,1-6H3. The first-order valence-electron chi connectivity index (χ1n) is 6.94. The van der Waals surface area contributed by atoms with Crippen LogP contribution in [-0.4, -0.2) is 19.2 Å². The van der Waals surface area contributed by atoms with Gasteiger partial charge in [0.25, 0.3) is 0 Å². The van der Waals surface area contributed by atoms with Crippen LogP contribution in [0.5, 0.6) is 5.75 Å². The van der Waals surface area contributed by atoms with Crippen LogP contribution >= 0.6 is 0 Å². The van der Waals surface area contributed by atoms with Crippen molar-refractivity contribution in [3.05, 3.63) is 22.8 Å². The Morgan fingerprint density at radius 3 is 2.37 bits per heavy atom. The molecule has 0 amide bonds. The van der Waals surface area contributed by atoms with Gasteiger partial charge in [-0.15, -0.1) is 0 Å². The largest absolute Gasteiger partial charge is 0.494 e. The van der Waals surface area contributed by atoms with Gasteiger partial charge in [0.05, 0.1) is 12.8 Å². The normalized spacial score (nSPS) is 11.5. The summed E-state index contributed by atoms with van der Waals surface area (Å²) in [5.41, 5.74) is 10.7. The summed E-state index contributed by atoms with van der Waals surface area (Å²) in [5.74, 6) is 0.963. The molecule has 0 spiro atoms. The third-order valence-corrected chi connectivity index (χ3v) is 3.49. The summed E-state index contributed by atoms with van der Waals surface area (Å²) in [6.07, 6.45) is 2.06. The number of hydrogen-bond donors (Lipinski definition) is 2. The zero-order chi connectivity index (χ0) is 14.6. The van der Waals surface area contributed by atoms with E-state index in [4.69, 9.17) is 10.5 Å². The fourth-order valence-corrected chi connectivity index (χ4v) is 2.28. The van der Waals surface area contributed by atoms with Crippen LogP contribution in [-0.2, 0) is 0 Å². The number of anilines is 1. The third kappa shape index (κ3) is 4.43. The second-order valence-corrected chi connectivity index (χ2v) is 6.06. The van der Waals surface area contributed by atoms with Crippen molar-refractivity contribution in [3.63, 3.8) is 0 Å². The number of hydrogen-bond acceptors (Lipinski definition) is 3. The Kier molecular flexibility index (Phi) is 5.24. The first-order chi connectivity index (χ1) is 8.76. The van der Waals surface area contributed by atoms with E-state index in [1.54, 1.807) is 7.11 Å². The van der Waals surface area contributed by atoms with Crippen LogP contribution in [0.4, 0.5) is 5.69 Å². The second-order valence-electron chi connectivity index (χ2n) is 6.06. The lowest BCUT2D eigenvalue weighted by molar-refractivity contribution is 0.412. The monoisotopic (exact) mass is 264 g/mol. The number of nitrogens with one attached hydrogen (secondary N) is 1. The van der Waals surface area contributed by atoms with Crippen molar-refractivity contribution in [2.24, 2.45) is 5.73 Å². The van der Waals surface area contributed by atoms with Crippen molar-refractivity contribution in [1.29, 1.82) is 0 Å². The molecule has 0 aliphatic heterocycles. The molecule has 19 heavy (non-hydrogen) atoms. The van der Waals surface area contributed by atoms with Crippen molar-refractivity contribution < 1.29 is 4.74 Å². The van der Waals surface area contributed by atoms with E-state index in [2.05, 4.69) is 46.0 Å². The van der Waals surface area contributed by atoms with E-state index in [1.807, 2.05) is 0 Å². The zero-order valence-corrected chi connectivity index (χ0v) is 13.2. The van der Waals surface area contributed by atoms with Gasteiger partial charge in [0, 0.05) is 12.1 Å². The molecule has 0 fully saturated rings. The Morgan fingerprint density at radius 2 is 1.84 bits per heavy atom. The Balaban J connectivity index is 2.76. The highest BCUT2D eigenvalue weighted by Gasteiger charge is 2.13. The zero-order valence-electron chi connectivity index (χ0n) is 13.2. The van der Waals surface area contributed by atoms with Gasteiger partial charge in [0.2, 0.25) is 0 Å². The Labute approximate surface area is 117 Å². The maximum absolute atomic E-state index is 5.99. The van der Waals surface area contributed by atoms with E-state index >= 15 is 0 Å². The third-order valence-electron chi connectivity index (χ3n) is 3.49. The molecule has 3 N–H and O–H groups in total. The minimum atomic E-state index is -0.0933. The molecule has 0 unspecified atom stereocenters. The molecule has 0 heterocycles. The Bertz CT molecular complexity index is 433. The number of ether oxygens (including phenoxy) is 1. The maximum Gasteiger partial charge on any atom is 0.145 e. The van der Waals surface area contributed by atoms with Crippen LogP contribution in [0.15, 0.2) is 6.07 Å². The van der Waals surface area contributed by atoms with Crippen LogP contribution in [0.3, 0.4) is 0 Å². The summed E-state index contributed by atoms with van der Waals surface area (Å²) < 4.78 is 5.55. The summed E-state index contributed by atoms with van der Waals surface area (Å²) in [5, 5.41) is 3.49. The van der Waals surface area contributed by atoms with Gasteiger partial charge in [-0.3, -0.25) is 0 Å². The minimum Gasteiger partial charge on any atom is -0.494 e. The highest BCUT2D eigenvalue weighted by molar-refractivity contribution is 5.66. The molecule has 3 heteroatoms. The first-order valence-corrected chi connectivity index (χ1v) is 6.94. The second kappa shape index (κ2) is 6.29. The van der Waals surface area contributed by atoms with Crippen molar-refractivity contribution >= 4 is 5.69 Å². The number of rotatable bonds is 6. The summed E-state index contributed by atoms with van der Waals surface area (Å²) in [6.45, 7) is 11.4. The molecule has 1 aromatic rings. The van der Waals surface area contributed by atoms with Gasteiger partial charge >= 0.3 is 0 Å². The lowest BCUT2D eigenvalue weighted by Gasteiger charge is -2.20. The van der Waals surface area contributed by atoms with E-state index < -0.39 is 0 Å². The number of benzene rings is 1. The molecule has 0 radical (unpaired) electrons. The number of aryl methyl sites for hydroxylation is 2. The number of nitrogens with two attached hydrogens (primary N) is 1. The molecule has 0 aliphatic rings. The molecule has 0 aromatic heterocycles. The fraction of sp³-hybridized carbons (Fsp3) is 0.625. The molecule has 0 saturated carbocycles. The highest BCUT2D eigenvalue weighted by Crippen LogP contribution is 2.34. The van der Waals surface area contributed by atoms with Crippen LogP contribution in [0.2, 0.25) is 0 Å². The van der Waals surface area contributed by atoms with Crippen molar-refractivity contribution in [2.45, 2.75) is 53.0 Å². The maximum atomic E-state index is 5.99.